The molecular formula is C24H37N5O2. The van der Waals surface area contributed by atoms with Gasteiger partial charge < -0.3 is 20.1 Å². The number of anilines is 1. The van der Waals surface area contributed by atoms with Crippen LogP contribution < -0.4 is 16.2 Å². The van der Waals surface area contributed by atoms with Crippen molar-refractivity contribution in [2.75, 3.05) is 38.5 Å². The Morgan fingerprint density at radius 1 is 1.00 bits per heavy atom. The number of amides is 2. The van der Waals surface area contributed by atoms with Crippen LogP contribution in [0, 0.1) is 5.92 Å². The largest absolute Gasteiger partial charge is 0.335 e. The highest BCUT2D eigenvalue weighted by Gasteiger charge is 2.37. The minimum absolute atomic E-state index is 0.0428. The van der Waals surface area contributed by atoms with Crippen molar-refractivity contribution in [1.82, 2.24) is 19.7 Å². The highest BCUT2D eigenvalue weighted by molar-refractivity contribution is 5.89. The summed E-state index contributed by atoms with van der Waals surface area (Å²) in [7, 11) is 2.21. The number of likely N-dealkylation sites (tertiary alicyclic amines) is 2. The summed E-state index contributed by atoms with van der Waals surface area (Å²) in [6.45, 7) is 5.29. The molecule has 1 aromatic heterocycles. The molecule has 31 heavy (non-hydrogen) atoms. The van der Waals surface area contributed by atoms with E-state index in [9.17, 15) is 9.59 Å². The second-order valence-corrected chi connectivity index (χ2v) is 10.3. The lowest BCUT2D eigenvalue weighted by molar-refractivity contribution is 0.0517. The van der Waals surface area contributed by atoms with Crippen LogP contribution in [0.2, 0.25) is 0 Å². The molecule has 2 atom stereocenters. The Bertz CT molecular complexity index is 854. The number of hydrogen-bond acceptors (Lipinski definition) is 4. The Balaban J connectivity index is 1.27. The van der Waals surface area contributed by atoms with Crippen LogP contribution in [0.25, 0.3) is 0 Å². The Morgan fingerprint density at radius 2 is 1.77 bits per heavy atom. The van der Waals surface area contributed by atoms with Gasteiger partial charge >= 0.3 is 6.03 Å². The van der Waals surface area contributed by atoms with Crippen molar-refractivity contribution in [3.63, 3.8) is 0 Å². The fourth-order valence-electron chi connectivity index (χ4n) is 6.33. The molecule has 0 aromatic carbocycles. The van der Waals surface area contributed by atoms with Gasteiger partial charge in [0.1, 0.15) is 5.69 Å². The minimum atomic E-state index is -0.242. The summed E-state index contributed by atoms with van der Waals surface area (Å²) in [5.41, 5.74) is 1.51. The van der Waals surface area contributed by atoms with E-state index in [-0.39, 0.29) is 17.6 Å². The van der Waals surface area contributed by atoms with E-state index in [2.05, 4.69) is 33.5 Å². The van der Waals surface area contributed by atoms with Gasteiger partial charge in [-0.25, -0.2) is 4.79 Å². The summed E-state index contributed by atoms with van der Waals surface area (Å²) in [4.78, 5) is 30.8. The van der Waals surface area contributed by atoms with E-state index in [0.717, 1.165) is 38.2 Å². The first-order valence-electron chi connectivity index (χ1n) is 12.3. The highest BCUT2D eigenvalue weighted by Crippen LogP contribution is 2.37. The molecule has 7 heteroatoms. The number of aromatic nitrogens is 1. The zero-order chi connectivity index (χ0) is 21.4. The van der Waals surface area contributed by atoms with Gasteiger partial charge in [-0.1, -0.05) is 19.3 Å². The van der Waals surface area contributed by atoms with Gasteiger partial charge in [0.25, 0.3) is 5.56 Å². The normalized spacial score (nSPS) is 28.2. The third-order valence-corrected chi connectivity index (χ3v) is 8.03. The lowest BCUT2D eigenvalue weighted by Gasteiger charge is -2.47. The summed E-state index contributed by atoms with van der Waals surface area (Å²) in [5, 5.41) is 5.89. The number of pyridine rings is 1. The van der Waals surface area contributed by atoms with Crippen LogP contribution in [0.5, 0.6) is 0 Å². The fourth-order valence-corrected chi connectivity index (χ4v) is 6.33. The Morgan fingerprint density at radius 3 is 2.55 bits per heavy atom. The van der Waals surface area contributed by atoms with Crippen molar-refractivity contribution >= 4 is 11.7 Å². The molecule has 2 amide bonds. The van der Waals surface area contributed by atoms with Gasteiger partial charge in [-0.15, -0.1) is 0 Å². The summed E-state index contributed by atoms with van der Waals surface area (Å²) in [6.07, 6.45) is 9.35. The molecule has 0 radical (unpaired) electrons. The average molecular weight is 428 g/mol. The van der Waals surface area contributed by atoms with E-state index in [1.165, 1.54) is 51.6 Å². The lowest BCUT2D eigenvalue weighted by atomic mass is 9.82. The molecule has 5 rings (SSSR count). The van der Waals surface area contributed by atoms with E-state index in [0.29, 0.717) is 23.6 Å². The number of nitrogens with one attached hydrogen (secondary N) is 2. The standard InChI is InChI=1S/C24H37N5O2/c1-27-11-9-20(10-12-27)28-14-17-13-18(16-28)22-8-7-21(23(30)29(22)15-17)26-24(31)25-19-5-3-2-4-6-19/h7-8,17-20H,2-6,9-16H2,1H3,(H2,25,26,31). The van der Waals surface area contributed by atoms with Gasteiger partial charge in [-0.3, -0.25) is 9.69 Å². The van der Waals surface area contributed by atoms with E-state index in [1.54, 1.807) is 0 Å². The molecule has 1 aliphatic carbocycles. The highest BCUT2D eigenvalue weighted by atomic mass is 16.2. The number of urea groups is 1. The topological polar surface area (TPSA) is 69.6 Å². The number of rotatable bonds is 3. The molecule has 0 spiro atoms. The molecule has 3 aliphatic heterocycles. The molecule has 170 valence electrons. The summed E-state index contributed by atoms with van der Waals surface area (Å²) in [5.74, 6) is 0.944. The van der Waals surface area contributed by atoms with Crippen molar-refractivity contribution < 1.29 is 4.79 Å². The molecule has 7 nitrogen and oxygen atoms in total. The van der Waals surface area contributed by atoms with E-state index in [4.69, 9.17) is 0 Å². The van der Waals surface area contributed by atoms with Crippen LogP contribution in [0.3, 0.4) is 0 Å². The Kier molecular flexibility index (Phi) is 6.06. The predicted molar refractivity (Wildman–Crippen MR) is 123 cm³/mol. The van der Waals surface area contributed by atoms with Crippen LogP contribution in [0.15, 0.2) is 16.9 Å². The number of fused-ring (bicyclic) bond motifs is 4. The van der Waals surface area contributed by atoms with Gasteiger partial charge in [0.2, 0.25) is 0 Å². The van der Waals surface area contributed by atoms with Gasteiger partial charge in [0, 0.05) is 43.3 Å². The third-order valence-electron chi connectivity index (χ3n) is 8.03. The molecule has 2 saturated heterocycles. The molecule has 3 fully saturated rings. The van der Waals surface area contributed by atoms with Gasteiger partial charge in [0.05, 0.1) is 0 Å². The zero-order valence-electron chi connectivity index (χ0n) is 18.8. The maximum Gasteiger partial charge on any atom is 0.319 e. The first kappa shape index (κ1) is 21.0. The third kappa shape index (κ3) is 4.53. The first-order chi connectivity index (χ1) is 15.1. The minimum Gasteiger partial charge on any atom is -0.335 e. The number of piperidine rings is 2. The van der Waals surface area contributed by atoms with Crippen molar-refractivity contribution in [3.05, 3.63) is 28.2 Å². The Labute approximate surface area is 185 Å². The van der Waals surface area contributed by atoms with Crippen LogP contribution in [-0.4, -0.2) is 65.7 Å². The number of carbonyl (C=O) groups excluding carboxylic acids is 1. The van der Waals surface area contributed by atoms with Gasteiger partial charge in [-0.05, 0) is 70.3 Å². The quantitative estimate of drug-likeness (QED) is 0.778. The van der Waals surface area contributed by atoms with Crippen LogP contribution in [0.1, 0.15) is 63.0 Å². The molecule has 4 aliphatic rings. The molecule has 1 aromatic rings. The van der Waals surface area contributed by atoms with E-state index >= 15 is 0 Å². The summed E-state index contributed by atoms with van der Waals surface area (Å²) in [6, 6.07) is 4.58. The first-order valence-corrected chi connectivity index (χ1v) is 12.3. The summed E-state index contributed by atoms with van der Waals surface area (Å²) < 4.78 is 1.95. The van der Waals surface area contributed by atoms with Gasteiger partial charge in [-0.2, -0.15) is 0 Å². The number of nitrogens with zero attached hydrogens (tertiary/aromatic N) is 3. The number of carbonyl (C=O) groups is 1. The maximum absolute atomic E-state index is 13.2. The van der Waals surface area contributed by atoms with E-state index < -0.39 is 0 Å². The Hall–Kier alpha value is -1.86. The summed E-state index contributed by atoms with van der Waals surface area (Å²) >= 11 is 0. The smallest absolute Gasteiger partial charge is 0.319 e. The molecule has 1 saturated carbocycles. The molecule has 2 bridgehead atoms. The molecule has 4 heterocycles. The molecule has 2 unspecified atom stereocenters. The number of hydrogen-bond donors (Lipinski definition) is 2. The van der Waals surface area contributed by atoms with Gasteiger partial charge in [0.15, 0.2) is 0 Å². The lowest BCUT2D eigenvalue weighted by Crippen LogP contribution is -2.53. The van der Waals surface area contributed by atoms with Crippen LogP contribution >= 0.6 is 0 Å². The monoisotopic (exact) mass is 427 g/mol. The van der Waals surface area contributed by atoms with Crippen molar-refractivity contribution in [1.29, 1.82) is 0 Å². The maximum atomic E-state index is 13.2. The second-order valence-electron chi connectivity index (χ2n) is 10.3. The van der Waals surface area contributed by atoms with Crippen LogP contribution in [0.4, 0.5) is 10.5 Å². The predicted octanol–water partition coefficient (Wildman–Crippen LogP) is 2.82. The van der Waals surface area contributed by atoms with Crippen molar-refractivity contribution in [2.45, 2.75) is 75.9 Å². The average Bonchev–Trinajstić information content (AvgIpc) is 2.77. The molecule has 2 N–H and O–H groups in total. The second kappa shape index (κ2) is 8.94. The molecular weight excluding hydrogens is 390 g/mol. The fraction of sp³-hybridized carbons (Fsp3) is 0.750. The van der Waals surface area contributed by atoms with Crippen molar-refractivity contribution in [2.24, 2.45) is 5.92 Å². The zero-order valence-corrected chi connectivity index (χ0v) is 18.8. The van der Waals surface area contributed by atoms with Crippen molar-refractivity contribution in [3.8, 4) is 0 Å². The SMILES string of the molecule is CN1CCC(N2CC3CC(C2)c2ccc(NC(=O)NC4CCCCC4)c(=O)n2C3)CC1. The van der Waals surface area contributed by atoms with Crippen LogP contribution in [-0.2, 0) is 6.54 Å². The van der Waals surface area contributed by atoms with E-state index in [1.807, 2.05) is 10.6 Å².